The number of hydrogen-bond donors (Lipinski definition) is 0. The van der Waals surface area contributed by atoms with E-state index in [-0.39, 0.29) is 5.60 Å². The highest BCUT2D eigenvalue weighted by atomic mass is 79.9. The number of halogens is 2. The van der Waals surface area contributed by atoms with Gasteiger partial charge in [0, 0.05) is 10.4 Å². The Morgan fingerprint density at radius 2 is 2.33 bits per heavy atom. The molecule has 0 amide bonds. The van der Waals surface area contributed by atoms with Crippen molar-refractivity contribution in [1.29, 1.82) is 0 Å². The second kappa shape index (κ2) is 3.02. The fourth-order valence-corrected chi connectivity index (χ4v) is 2.02. The van der Waals surface area contributed by atoms with E-state index in [1.54, 1.807) is 0 Å². The Hall–Kier alpha value is -0.0500. The average Bonchev–Trinajstić information content (AvgIpc) is 2.84. The van der Waals surface area contributed by atoms with E-state index >= 15 is 0 Å². The van der Waals surface area contributed by atoms with Gasteiger partial charge >= 0.3 is 0 Å². The molecule has 0 aliphatic carbocycles. The topological polar surface area (TPSA) is 12.5 Å². The van der Waals surface area contributed by atoms with Crippen LogP contribution in [0, 0.1) is 0 Å². The third kappa shape index (κ3) is 1.39. The number of benzene rings is 1. The second-order valence-corrected chi connectivity index (χ2v) is 3.92. The molecular weight excluding hydrogens is 239 g/mol. The molecule has 0 radical (unpaired) electrons. The van der Waals surface area contributed by atoms with Crippen LogP contribution in [0.15, 0.2) is 24.3 Å². The first-order chi connectivity index (χ1) is 5.77. The summed E-state index contributed by atoms with van der Waals surface area (Å²) >= 11 is 9.29. The first-order valence-electron chi connectivity index (χ1n) is 3.73. The minimum Gasteiger partial charge on any atom is -0.364 e. The van der Waals surface area contributed by atoms with Crippen LogP contribution < -0.4 is 0 Å². The van der Waals surface area contributed by atoms with Gasteiger partial charge in [-0.2, -0.15) is 0 Å². The molecule has 0 unspecified atom stereocenters. The zero-order valence-electron chi connectivity index (χ0n) is 6.39. The van der Waals surface area contributed by atoms with Crippen LogP contribution in [0.3, 0.4) is 0 Å². The molecule has 0 spiro atoms. The van der Waals surface area contributed by atoms with Crippen molar-refractivity contribution in [2.45, 2.75) is 5.60 Å². The van der Waals surface area contributed by atoms with E-state index in [1.807, 2.05) is 24.3 Å². The van der Waals surface area contributed by atoms with Gasteiger partial charge in [-0.05, 0) is 17.7 Å². The Morgan fingerprint density at radius 3 is 2.83 bits per heavy atom. The Labute approximate surface area is 84.8 Å². The van der Waals surface area contributed by atoms with Crippen LogP contribution in [0.5, 0.6) is 0 Å². The summed E-state index contributed by atoms with van der Waals surface area (Å²) in [6.07, 6.45) is 0. The van der Waals surface area contributed by atoms with Gasteiger partial charge in [0.1, 0.15) is 5.60 Å². The van der Waals surface area contributed by atoms with Crippen LogP contribution in [-0.4, -0.2) is 11.9 Å². The van der Waals surface area contributed by atoms with E-state index in [2.05, 4.69) is 15.9 Å². The average molecular weight is 248 g/mol. The lowest BCUT2D eigenvalue weighted by Gasteiger charge is -2.07. The summed E-state index contributed by atoms with van der Waals surface area (Å²) < 4.78 is 5.38. The molecule has 3 heteroatoms. The molecule has 12 heavy (non-hydrogen) atoms. The maximum absolute atomic E-state index is 5.86. The lowest BCUT2D eigenvalue weighted by Crippen LogP contribution is -2.09. The molecule has 1 nitrogen and oxygen atoms in total. The standard InChI is InChI=1S/C9H8BrClO/c10-5-9(6-12-9)7-2-1-3-8(11)4-7/h1-4H,5-6H2/t9-/m0/s1. The van der Waals surface area contributed by atoms with Gasteiger partial charge in [0.2, 0.25) is 0 Å². The summed E-state index contributed by atoms with van der Waals surface area (Å²) in [5, 5.41) is 1.60. The van der Waals surface area contributed by atoms with Crippen LogP contribution in [0.1, 0.15) is 5.56 Å². The van der Waals surface area contributed by atoms with E-state index in [1.165, 1.54) is 0 Å². The summed E-state index contributed by atoms with van der Waals surface area (Å²) in [5.74, 6) is 0. The maximum Gasteiger partial charge on any atom is 0.126 e. The van der Waals surface area contributed by atoms with E-state index in [0.29, 0.717) is 0 Å². The van der Waals surface area contributed by atoms with Gasteiger partial charge in [-0.1, -0.05) is 39.7 Å². The van der Waals surface area contributed by atoms with Gasteiger partial charge in [-0.15, -0.1) is 0 Å². The minimum absolute atomic E-state index is 0.0924. The summed E-state index contributed by atoms with van der Waals surface area (Å²) in [6.45, 7) is 0.790. The highest BCUT2D eigenvalue weighted by Crippen LogP contribution is 2.40. The molecule has 0 N–H and O–H groups in total. The van der Waals surface area contributed by atoms with Crippen molar-refractivity contribution in [2.75, 3.05) is 11.9 Å². The zero-order chi connectivity index (χ0) is 8.60. The fraction of sp³-hybridized carbons (Fsp3) is 0.333. The van der Waals surface area contributed by atoms with E-state index in [0.717, 1.165) is 22.5 Å². The number of ether oxygens (including phenoxy) is 1. The molecule has 1 aromatic rings. The molecule has 1 heterocycles. The van der Waals surface area contributed by atoms with Gasteiger partial charge in [-0.3, -0.25) is 0 Å². The van der Waals surface area contributed by atoms with Crippen molar-refractivity contribution in [3.8, 4) is 0 Å². The predicted molar refractivity (Wildman–Crippen MR) is 52.9 cm³/mol. The van der Waals surface area contributed by atoms with Gasteiger partial charge in [0.25, 0.3) is 0 Å². The zero-order valence-corrected chi connectivity index (χ0v) is 8.73. The first-order valence-corrected chi connectivity index (χ1v) is 5.23. The Bertz CT molecular complexity index is 296. The van der Waals surface area contributed by atoms with Crippen LogP contribution >= 0.6 is 27.5 Å². The number of rotatable bonds is 2. The monoisotopic (exact) mass is 246 g/mol. The van der Waals surface area contributed by atoms with Crippen molar-refractivity contribution >= 4 is 27.5 Å². The Morgan fingerprint density at radius 1 is 1.58 bits per heavy atom. The van der Waals surface area contributed by atoms with Crippen molar-refractivity contribution in [3.05, 3.63) is 34.9 Å². The Kier molecular flexibility index (Phi) is 2.15. The van der Waals surface area contributed by atoms with E-state index in [9.17, 15) is 0 Å². The van der Waals surface area contributed by atoms with Gasteiger partial charge in [0.05, 0.1) is 6.61 Å². The molecule has 1 atom stereocenters. The molecule has 1 aliphatic heterocycles. The fourth-order valence-electron chi connectivity index (χ4n) is 1.18. The third-order valence-electron chi connectivity index (χ3n) is 2.06. The molecule has 1 aromatic carbocycles. The quantitative estimate of drug-likeness (QED) is 0.578. The van der Waals surface area contributed by atoms with Crippen LogP contribution in [-0.2, 0) is 10.3 Å². The molecule has 1 fully saturated rings. The molecule has 2 rings (SSSR count). The minimum atomic E-state index is -0.0924. The van der Waals surface area contributed by atoms with E-state index < -0.39 is 0 Å². The van der Waals surface area contributed by atoms with Crippen molar-refractivity contribution in [1.82, 2.24) is 0 Å². The molecular formula is C9H8BrClO. The van der Waals surface area contributed by atoms with Crippen LogP contribution in [0.25, 0.3) is 0 Å². The highest BCUT2D eigenvalue weighted by Gasteiger charge is 2.45. The lowest BCUT2D eigenvalue weighted by atomic mass is 10.0. The summed E-state index contributed by atoms with van der Waals surface area (Å²) in [7, 11) is 0. The van der Waals surface area contributed by atoms with Gasteiger partial charge in [-0.25, -0.2) is 0 Å². The van der Waals surface area contributed by atoms with E-state index in [4.69, 9.17) is 16.3 Å². The molecule has 64 valence electrons. The number of epoxide rings is 1. The molecule has 0 aromatic heterocycles. The number of alkyl halides is 1. The van der Waals surface area contributed by atoms with Crippen molar-refractivity contribution in [3.63, 3.8) is 0 Å². The highest BCUT2D eigenvalue weighted by molar-refractivity contribution is 9.09. The second-order valence-electron chi connectivity index (χ2n) is 2.93. The molecule has 1 saturated heterocycles. The smallest absolute Gasteiger partial charge is 0.126 e. The van der Waals surface area contributed by atoms with Gasteiger partial charge in [0.15, 0.2) is 0 Å². The first kappa shape index (κ1) is 8.54. The van der Waals surface area contributed by atoms with Crippen LogP contribution in [0.4, 0.5) is 0 Å². The van der Waals surface area contributed by atoms with Gasteiger partial charge < -0.3 is 4.74 Å². The SMILES string of the molecule is Clc1cccc([C@]2(CBr)CO2)c1. The maximum atomic E-state index is 5.86. The summed E-state index contributed by atoms with van der Waals surface area (Å²) in [6, 6.07) is 7.81. The third-order valence-corrected chi connectivity index (χ3v) is 3.20. The molecule has 1 aliphatic rings. The Balaban J connectivity index is 2.34. The van der Waals surface area contributed by atoms with Crippen LogP contribution in [0.2, 0.25) is 5.02 Å². The van der Waals surface area contributed by atoms with Crippen molar-refractivity contribution in [2.24, 2.45) is 0 Å². The largest absolute Gasteiger partial charge is 0.364 e. The normalized spacial score (nSPS) is 27.2. The molecule has 0 saturated carbocycles. The van der Waals surface area contributed by atoms with Crippen molar-refractivity contribution < 1.29 is 4.74 Å². The number of hydrogen-bond acceptors (Lipinski definition) is 1. The lowest BCUT2D eigenvalue weighted by molar-refractivity contribution is 0.335. The molecule has 0 bridgehead atoms. The summed E-state index contributed by atoms with van der Waals surface area (Å²) in [5.41, 5.74) is 1.07. The predicted octanol–water partition coefficient (Wildman–Crippen LogP) is 2.96. The summed E-state index contributed by atoms with van der Waals surface area (Å²) in [4.78, 5) is 0.